The quantitative estimate of drug-likeness (QED) is 0.400. The van der Waals surface area contributed by atoms with Crippen LogP contribution in [0.2, 0.25) is 0 Å². The topological polar surface area (TPSA) is 87.0 Å². The molecular formula is C12H24O5S. The average molecular weight is 280 g/mol. The fourth-order valence-corrected chi connectivity index (χ4v) is 1.63. The van der Waals surface area contributed by atoms with Gasteiger partial charge in [-0.1, -0.05) is 20.8 Å². The molecular weight excluding hydrogens is 256 g/mol. The summed E-state index contributed by atoms with van der Waals surface area (Å²) in [7, 11) is 0. The zero-order valence-corrected chi connectivity index (χ0v) is 12.1. The molecule has 3 N–H and O–H groups in total. The van der Waals surface area contributed by atoms with Gasteiger partial charge >= 0.3 is 5.97 Å². The standard InChI is InChI=1S/C12H24O5S/c1-12(2,3)6-8(13)11(16)9(14)7-17-10(15)4-5-18/h8-9,11,13-14,16,18H,4-7H2,1-3H3/t8?,9-,11+/m1/s1. The van der Waals surface area contributed by atoms with Crippen LogP contribution >= 0.6 is 12.6 Å². The zero-order valence-electron chi connectivity index (χ0n) is 11.2. The lowest BCUT2D eigenvalue weighted by Gasteiger charge is -2.28. The monoisotopic (exact) mass is 280 g/mol. The molecule has 0 radical (unpaired) electrons. The number of hydrogen-bond acceptors (Lipinski definition) is 6. The predicted molar refractivity (Wildman–Crippen MR) is 71.5 cm³/mol. The maximum atomic E-state index is 11.0. The molecule has 0 rings (SSSR count). The third-order valence-electron chi connectivity index (χ3n) is 2.34. The van der Waals surface area contributed by atoms with Gasteiger partial charge < -0.3 is 20.1 Å². The Labute approximate surface area is 114 Å². The minimum absolute atomic E-state index is 0.149. The van der Waals surface area contributed by atoms with Gasteiger partial charge in [-0.15, -0.1) is 0 Å². The van der Waals surface area contributed by atoms with E-state index in [9.17, 15) is 20.1 Å². The predicted octanol–water partition coefficient (Wildman–Crippen LogP) is 0.368. The first kappa shape index (κ1) is 17.7. The molecule has 0 bridgehead atoms. The Morgan fingerprint density at radius 3 is 2.22 bits per heavy atom. The summed E-state index contributed by atoms with van der Waals surface area (Å²) in [4.78, 5) is 11.0. The molecule has 6 heteroatoms. The summed E-state index contributed by atoms with van der Waals surface area (Å²) in [6.07, 6.45) is -3.17. The maximum Gasteiger partial charge on any atom is 0.306 e. The van der Waals surface area contributed by atoms with E-state index in [1.54, 1.807) is 0 Å². The van der Waals surface area contributed by atoms with Gasteiger partial charge in [0, 0.05) is 5.75 Å². The van der Waals surface area contributed by atoms with E-state index >= 15 is 0 Å². The van der Waals surface area contributed by atoms with Crippen molar-refractivity contribution in [3.8, 4) is 0 Å². The average Bonchev–Trinajstić information content (AvgIpc) is 2.22. The Morgan fingerprint density at radius 1 is 1.22 bits per heavy atom. The number of aliphatic hydroxyl groups is 3. The number of carbonyl (C=O) groups is 1. The van der Waals surface area contributed by atoms with Crippen LogP contribution in [0, 0.1) is 5.41 Å². The smallest absolute Gasteiger partial charge is 0.306 e. The minimum atomic E-state index is -1.33. The van der Waals surface area contributed by atoms with Crippen LogP contribution in [0.15, 0.2) is 0 Å². The summed E-state index contributed by atoms with van der Waals surface area (Å²) in [6.45, 7) is 5.43. The summed E-state index contributed by atoms with van der Waals surface area (Å²) >= 11 is 3.87. The molecule has 0 spiro atoms. The molecule has 0 aliphatic carbocycles. The third-order valence-corrected chi connectivity index (χ3v) is 2.56. The second-order valence-corrected chi connectivity index (χ2v) is 5.99. The second kappa shape index (κ2) is 7.99. The van der Waals surface area contributed by atoms with E-state index in [-0.39, 0.29) is 18.4 Å². The summed E-state index contributed by atoms with van der Waals surface area (Å²) in [5.74, 6) is -0.119. The van der Waals surface area contributed by atoms with Gasteiger partial charge in [-0.05, 0) is 11.8 Å². The van der Waals surface area contributed by atoms with Gasteiger partial charge in [-0.25, -0.2) is 0 Å². The van der Waals surface area contributed by atoms with Crippen LogP contribution < -0.4 is 0 Å². The van der Waals surface area contributed by atoms with Crippen LogP contribution in [0.5, 0.6) is 0 Å². The van der Waals surface area contributed by atoms with Crippen molar-refractivity contribution >= 4 is 18.6 Å². The van der Waals surface area contributed by atoms with Crippen LogP contribution in [-0.2, 0) is 9.53 Å². The van der Waals surface area contributed by atoms with Crippen LogP contribution in [0.1, 0.15) is 33.6 Å². The van der Waals surface area contributed by atoms with Crippen LogP contribution in [0.25, 0.3) is 0 Å². The number of ether oxygens (including phenoxy) is 1. The number of carbonyl (C=O) groups excluding carboxylic acids is 1. The molecule has 0 heterocycles. The largest absolute Gasteiger partial charge is 0.463 e. The lowest BCUT2D eigenvalue weighted by molar-refractivity contribution is -0.151. The number of aliphatic hydroxyl groups excluding tert-OH is 3. The van der Waals surface area contributed by atoms with Crippen LogP contribution in [0.4, 0.5) is 0 Å². The maximum absolute atomic E-state index is 11.0. The molecule has 0 saturated heterocycles. The molecule has 0 amide bonds. The third kappa shape index (κ3) is 7.92. The van der Waals surface area contributed by atoms with E-state index in [4.69, 9.17) is 4.74 Å². The molecule has 0 aromatic rings. The van der Waals surface area contributed by atoms with Crippen molar-refractivity contribution in [2.75, 3.05) is 12.4 Å². The van der Waals surface area contributed by atoms with Crippen LogP contribution in [-0.4, -0.2) is 52.0 Å². The van der Waals surface area contributed by atoms with Gasteiger partial charge in [-0.2, -0.15) is 12.6 Å². The van der Waals surface area contributed by atoms with E-state index in [1.165, 1.54) is 0 Å². The molecule has 0 aliphatic heterocycles. The molecule has 3 atom stereocenters. The Hall–Kier alpha value is -0.300. The first-order valence-electron chi connectivity index (χ1n) is 5.98. The van der Waals surface area contributed by atoms with Gasteiger partial charge in [-0.3, -0.25) is 4.79 Å². The number of rotatable bonds is 7. The van der Waals surface area contributed by atoms with Crippen molar-refractivity contribution in [2.24, 2.45) is 5.41 Å². The van der Waals surface area contributed by atoms with Gasteiger partial charge in [0.25, 0.3) is 0 Å². The van der Waals surface area contributed by atoms with Gasteiger partial charge in [0.2, 0.25) is 0 Å². The molecule has 0 saturated carbocycles. The van der Waals surface area contributed by atoms with Gasteiger partial charge in [0.1, 0.15) is 18.8 Å². The van der Waals surface area contributed by atoms with E-state index in [2.05, 4.69) is 12.6 Å². The van der Waals surface area contributed by atoms with Crippen molar-refractivity contribution < 1.29 is 24.9 Å². The van der Waals surface area contributed by atoms with E-state index in [0.717, 1.165) is 0 Å². The number of thiol groups is 1. The molecule has 1 unspecified atom stereocenters. The Morgan fingerprint density at radius 2 is 1.78 bits per heavy atom. The minimum Gasteiger partial charge on any atom is -0.463 e. The molecule has 0 fully saturated rings. The molecule has 0 aromatic carbocycles. The molecule has 0 aliphatic rings. The van der Waals surface area contributed by atoms with E-state index in [1.807, 2.05) is 20.8 Å². The van der Waals surface area contributed by atoms with Crippen molar-refractivity contribution in [1.29, 1.82) is 0 Å². The normalized spacial score (nSPS) is 17.1. The molecule has 5 nitrogen and oxygen atoms in total. The molecule has 108 valence electrons. The van der Waals surface area contributed by atoms with E-state index < -0.39 is 24.3 Å². The van der Waals surface area contributed by atoms with Gasteiger partial charge in [0.05, 0.1) is 12.5 Å². The van der Waals surface area contributed by atoms with Crippen molar-refractivity contribution in [3.05, 3.63) is 0 Å². The second-order valence-electron chi connectivity index (χ2n) is 5.55. The van der Waals surface area contributed by atoms with E-state index in [0.29, 0.717) is 12.2 Å². The SMILES string of the molecule is CC(C)(C)CC(O)[C@H](O)[C@H](O)COC(=O)CCS. The summed E-state index contributed by atoms with van der Waals surface area (Å²) in [5.41, 5.74) is -0.164. The fraction of sp³-hybridized carbons (Fsp3) is 0.917. The fourth-order valence-electron chi connectivity index (χ4n) is 1.44. The first-order valence-corrected chi connectivity index (χ1v) is 6.61. The van der Waals surface area contributed by atoms with Crippen molar-refractivity contribution in [1.82, 2.24) is 0 Å². The Kier molecular flexibility index (Phi) is 7.86. The lowest BCUT2D eigenvalue weighted by Crippen LogP contribution is -2.42. The van der Waals surface area contributed by atoms with Crippen LogP contribution in [0.3, 0.4) is 0 Å². The Balaban J connectivity index is 4.09. The highest BCUT2D eigenvalue weighted by Gasteiger charge is 2.29. The summed E-state index contributed by atoms with van der Waals surface area (Å²) in [6, 6.07) is 0. The Bertz CT molecular complexity index is 251. The van der Waals surface area contributed by atoms with Crippen molar-refractivity contribution in [2.45, 2.75) is 51.9 Å². The lowest BCUT2D eigenvalue weighted by atomic mass is 9.86. The molecule has 18 heavy (non-hydrogen) atoms. The highest BCUT2D eigenvalue weighted by atomic mass is 32.1. The highest BCUT2D eigenvalue weighted by molar-refractivity contribution is 7.80. The number of esters is 1. The number of hydrogen-bond donors (Lipinski definition) is 4. The highest BCUT2D eigenvalue weighted by Crippen LogP contribution is 2.23. The van der Waals surface area contributed by atoms with Gasteiger partial charge in [0.15, 0.2) is 0 Å². The summed E-state index contributed by atoms with van der Waals surface area (Å²) in [5, 5.41) is 29.0. The first-order chi connectivity index (χ1) is 8.17. The van der Waals surface area contributed by atoms with Crippen molar-refractivity contribution in [3.63, 3.8) is 0 Å². The molecule has 0 aromatic heterocycles. The zero-order chi connectivity index (χ0) is 14.3. The summed E-state index contributed by atoms with van der Waals surface area (Å²) < 4.78 is 4.74.